The van der Waals surface area contributed by atoms with Crippen molar-refractivity contribution in [3.8, 4) is 5.75 Å². The summed E-state index contributed by atoms with van der Waals surface area (Å²) in [7, 11) is -2.38. The number of rotatable bonds is 9. The van der Waals surface area contributed by atoms with E-state index in [9.17, 15) is 21.2 Å². The molecule has 0 amide bonds. The van der Waals surface area contributed by atoms with E-state index >= 15 is 0 Å². The number of ether oxygens (including phenoxy) is 1. The molecule has 1 saturated carbocycles. The zero-order chi connectivity index (χ0) is 35.9. The zero-order valence-corrected chi connectivity index (χ0v) is 32.0. The molecule has 3 aliphatic rings. The minimum atomic E-state index is -3.84. The van der Waals surface area contributed by atoms with Crippen molar-refractivity contribution < 1.29 is 26.0 Å². The van der Waals surface area contributed by atoms with Gasteiger partial charge in [-0.25, -0.2) is 12.8 Å². The fourth-order valence-corrected chi connectivity index (χ4v) is 10.9. The van der Waals surface area contributed by atoms with Crippen molar-refractivity contribution >= 4 is 31.6 Å². The maximum atomic E-state index is 14.4. The van der Waals surface area contributed by atoms with Crippen molar-refractivity contribution in [1.82, 2.24) is 17.8 Å². The van der Waals surface area contributed by atoms with Crippen molar-refractivity contribution in [2.75, 3.05) is 103 Å². The number of anilines is 2. The Morgan fingerprint density at radius 3 is 1.98 bits per heavy atom. The number of methoxy groups -OCH3 is 1. The van der Waals surface area contributed by atoms with Gasteiger partial charge in [-0.15, -0.1) is 0 Å². The fraction of sp³-hybridized carbons (Fsp3) is 0.667. The van der Waals surface area contributed by atoms with Gasteiger partial charge in [-0.2, -0.15) is 21.3 Å². The lowest BCUT2D eigenvalue weighted by molar-refractivity contribution is 0.179. The Morgan fingerprint density at radius 1 is 0.760 bits per heavy atom. The minimum Gasteiger partial charge on any atom is -0.494 e. The topological polar surface area (TPSA) is 97.0 Å². The largest absolute Gasteiger partial charge is 0.494 e. The third-order valence-corrected chi connectivity index (χ3v) is 14.3. The number of halogens is 1. The third-order valence-electron chi connectivity index (χ3n) is 10.4. The van der Waals surface area contributed by atoms with Crippen LogP contribution in [0.3, 0.4) is 0 Å². The first-order valence-corrected chi connectivity index (χ1v) is 21.1. The number of benzene rings is 2. The van der Waals surface area contributed by atoms with E-state index in [0.29, 0.717) is 44.2 Å². The van der Waals surface area contributed by atoms with Crippen molar-refractivity contribution in [3.05, 3.63) is 48.3 Å². The molecule has 0 spiro atoms. The molecule has 0 unspecified atom stereocenters. The standard InChI is InChI=1S/C36H57FN6O5S2/c1-30-27-42(49(44,45)34-15-12-32(13-16-34)38(2)3)20-8-18-39(29-31-10-6-5-7-11-31)19-9-21-43(28-30)50(46,47)41-24-22-40(23-25-41)33-14-17-36(48-4)35(37)26-33/h12-17,26,30-31H,5-11,18-25,27-29H2,1-4H3/t30-/m0/s1. The van der Waals surface area contributed by atoms with Gasteiger partial charge in [0.05, 0.1) is 12.0 Å². The molecule has 0 aromatic heterocycles. The highest BCUT2D eigenvalue weighted by atomic mass is 32.2. The monoisotopic (exact) mass is 736 g/mol. The maximum Gasteiger partial charge on any atom is 0.282 e. The summed E-state index contributed by atoms with van der Waals surface area (Å²) in [4.78, 5) is 6.61. The molecule has 1 aliphatic carbocycles. The Hall–Kier alpha value is -2.49. The van der Waals surface area contributed by atoms with Crippen LogP contribution in [-0.4, -0.2) is 128 Å². The van der Waals surface area contributed by atoms with Gasteiger partial charge in [0, 0.05) is 90.4 Å². The zero-order valence-electron chi connectivity index (χ0n) is 30.3. The van der Waals surface area contributed by atoms with E-state index in [2.05, 4.69) is 4.90 Å². The molecule has 2 saturated heterocycles. The van der Waals surface area contributed by atoms with Gasteiger partial charge >= 0.3 is 0 Å². The molecule has 280 valence electrons. The highest BCUT2D eigenvalue weighted by Gasteiger charge is 2.35. The predicted molar refractivity (Wildman–Crippen MR) is 198 cm³/mol. The summed E-state index contributed by atoms with van der Waals surface area (Å²) >= 11 is 0. The summed E-state index contributed by atoms with van der Waals surface area (Å²) in [5, 5.41) is 0. The maximum absolute atomic E-state index is 14.4. The molecule has 2 aliphatic heterocycles. The second kappa shape index (κ2) is 17.4. The lowest BCUT2D eigenvalue weighted by Gasteiger charge is -2.39. The van der Waals surface area contributed by atoms with E-state index in [1.165, 1.54) is 49.6 Å². The Bertz CT molecular complexity index is 1600. The highest BCUT2D eigenvalue weighted by Crippen LogP contribution is 2.28. The van der Waals surface area contributed by atoms with Gasteiger partial charge in [0.1, 0.15) is 0 Å². The van der Waals surface area contributed by atoms with Crippen LogP contribution < -0.4 is 14.5 Å². The average molecular weight is 737 g/mol. The molecular weight excluding hydrogens is 680 g/mol. The number of hydrogen-bond donors (Lipinski definition) is 0. The summed E-state index contributed by atoms with van der Waals surface area (Å²) < 4.78 is 80.9. The number of piperazine rings is 1. The Labute approximate surface area is 300 Å². The first-order valence-electron chi connectivity index (χ1n) is 18.2. The molecule has 11 nitrogen and oxygen atoms in total. The third kappa shape index (κ3) is 9.68. The van der Waals surface area contributed by atoms with Crippen LogP contribution in [-0.2, 0) is 20.2 Å². The van der Waals surface area contributed by atoms with Crippen molar-refractivity contribution in [2.24, 2.45) is 11.8 Å². The molecule has 14 heteroatoms. The molecule has 0 bridgehead atoms. The second-order valence-electron chi connectivity index (χ2n) is 14.4. The van der Waals surface area contributed by atoms with Crippen LogP contribution in [0.5, 0.6) is 5.75 Å². The van der Waals surface area contributed by atoms with Gasteiger partial charge in [-0.3, -0.25) is 0 Å². The smallest absolute Gasteiger partial charge is 0.282 e. The molecule has 50 heavy (non-hydrogen) atoms. The van der Waals surface area contributed by atoms with E-state index in [-0.39, 0.29) is 42.7 Å². The minimum absolute atomic E-state index is 0.172. The Balaban J connectivity index is 1.33. The Morgan fingerprint density at radius 2 is 1.38 bits per heavy atom. The van der Waals surface area contributed by atoms with Crippen LogP contribution in [0.1, 0.15) is 51.9 Å². The van der Waals surface area contributed by atoms with Crippen LogP contribution in [0.2, 0.25) is 0 Å². The fourth-order valence-electron chi connectivity index (χ4n) is 7.59. The van der Waals surface area contributed by atoms with E-state index in [4.69, 9.17) is 4.74 Å². The summed E-state index contributed by atoms with van der Waals surface area (Å²) in [5.74, 6) is 0.113. The highest BCUT2D eigenvalue weighted by molar-refractivity contribution is 7.89. The lowest BCUT2D eigenvalue weighted by atomic mass is 9.89. The van der Waals surface area contributed by atoms with Crippen molar-refractivity contribution in [3.63, 3.8) is 0 Å². The lowest BCUT2D eigenvalue weighted by Crippen LogP contribution is -2.54. The first-order chi connectivity index (χ1) is 23.9. The van der Waals surface area contributed by atoms with Crippen LogP contribution in [0.25, 0.3) is 0 Å². The molecule has 5 rings (SSSR count). The van der Waals surface area contributed by atoms with Gasteiger partial charge in [0.25, 0.3) is 10.2 Å². The van der Waals surface area contributed by atoms with Gasteiger partial charge < -0.3 is 19.4 Å². The molecule has 2 heterocycles. The van der Waals surface area contributed by atoms with Crippen LogP contribution in [0.15, 0.2) is 47.4 Å². The van der Waals surface area contributed by atoms with Crippen molar-refractivity contribution in [2.45, 2.75) is 56.8 Å². The van der Waals surface area contributed by atoms with Crippen molar-refractivity contribution in [1.29, 1.82) is 0 Å². The average Bonchev–Trinajstić information content (AvgIpc) is 3.10. The molecule has 1 atom stereocenters. The molecule has 3 fully saturated rings. The summed E-state index contributed by atoms with van der Waals surface area (Å²) in [6.07, 6.45) is 7.65. The normalized spacial score (nSPS) is 22.5. The van der Waals surface area contributed by atoms with E-state index in [0.717, 1.165) is 31.7 Å². The van der Waals surface area contributed by atoms with Gasteiger partial charge in [0.15, 0.2) is 11.6 Å². The van der Waals surface area contributed by atoms with Crippen LogP contribution >= 0.6 is 0 Å². The summed E-state index contributed by atoms with van der Waals surface area (Å²) in [6.45, 7) is 7.07. The molecule has 2 aromatic rings. The predicted octanol–water partition coefficient (Wildman–Crippen LogP) is 4.57. The Kier molecular flexibility index (Phi) is 13.4. The molecule has 0 N–H and O–H groups in total. The molecule has 2 aromatic carbocycles. The van der Waals surface area contributed by atoms with Crippen LogP contribution in [0.4, 0.5) is 15.8 Å². The van der Waals surface area contributed by atoms with Crippen LogP contribution in [0, 0.1) is 17.7 Å². The number of sulfonamides is 1. The summed E-state index contributed by atoms with van der Waals surface area (Å²) in [6, 6.07) is 11.8. The second-order valence-corrected chi connectivity index (χ2v) is 18.3. The van der Waals surface area contributed by atoms with Gasteiger partial charge in [-0.1, -0.05) is 26.2 Å². The van der Waals surface area contributed by atoms with E-state index in [1.54, 1.807) is 32.9 Å². The molecule has 0 radical (unpaired) electrons. The quantitative estimate of drug-likeness (QED) is 0.370. The van der Waals surface area contributed by atoms with E-state index in [1.807, 2.05) is 43.0 Å². The van der Waals surface area contributed by atoms with Gasteiger partial charge in [-0.05, 0) is 87.0 Å². The SMILES string of the molecule is COc1ccc(N2CCN(S(=O)(=O)N3CCCN(CC4CCCCC4)CCCN(S(=O)(=O)c4ccc(N(C)C)cc4)C[C@H](C)C3)CC2)cc1F. The molecular formula is C36H57FN6O5S2. The van der Waals surface area contributed by atoms with E-state index < -0.39 is 26.0 Å². The summed E-state index contributed by atoms with van der Waals surface area (Å²) in [5.41, 5.74) is 1.61. The number of nitrogens with zero attached hydrogens (tertiary/aromatic N) is 6. The van der Waals surface area contributed by atoms with Gasteiger partial charge in [0.2, 0.25) is 10.0 Å². The first kappa shape index (κ1) is 38.7. The number of hydrogen-bond acceptors (Lipinski definition) is 8.